The molecular weight excluding hydrogens is 152 g/mol. The minimum absolute atomic E-state index is 0.392. The van der Waals surface area contributed by atoms with Crippen molar-refractivity contribution in [3.8, 4) is 6.07 Å². The van der Waals surface area contributed by atoms with Gasteiger partial charge in [0.2, 0.25) is 0 Å². The number of hydrogen-bond donors (Lipinski definition) is 0. The van der Waals surface area contributed by atoms with Crippen LogP contribution in [-0.4, -0.2) is 12.1 Å². The fraction of sp³-hybridized carbons (Fsp3) is 0. The third kappa shape index (κ3) is 2.03. The number of rotatable bonds is 1. The minimum Gasteiger partial charge on any atom is -0.267 e. The molecule has 0 aliphatic carbocycles. The Kier molecular flexibility index (Phi) is 2.74. The molecule has 0 bridgehead atoms. The van der Waals surface area contributed by atoms with E-state index in [0.29, 0.717) is 5.56 Å². The van der Waals surface area contributed by atoms with Crippen molar-refractivity contribution in [1.82, 2.24) is 0 Å². The molecule has 58 valence electrons. The molecule has 0 unspecified atom stereocenters. The molecule has 12 heavy (non-hydrogen) atoms. The first-order valence-corrected chi connectivity index (χ1v) is 3.36. The molecule has 0 fully saturated rings. The van der Waals surface area contributed by atoms with Crippen LogP contribution in [0.2, 0.25) is 0 Å². The van der Waals surface area contributed by atoms with Crippen molar-refractivity contribution in [3.63, 3.8) is 0 Å². The van der Waals surface area contributed by atoms with Crippen molar-refractivity contribution >= 4 is 12.1 Å². The molecule has 1 aromatic carbocycles. The maximum atomic E-state index is 11.1. The van der Waals surface area contributed by atoms with E-state index in [4.69, 9.17) is 5.26 Å². The molecule has 0 aromatic heterocycles. The predicted molar refractivity (Wildman–Crippen MR) is 44.9 cm³/mol. The highest BCUT2D eigenvalue weighted by atomic mass is 16.1. The fourth-order valence-corrected chi connectivity index (χ4v) is 0.743. The Morgan fingerprint density at radius 1 is 1.42 bits per heavy atom. The normalized spacial score (nSPS) is 9.58. The number of hydrogen-bond acceptors (Lipinski definition) is 2. The summed E-state index contributed by atoms with van der Waals surface area (Å²) in [5, 5.41) is 8.11. The smallest absolute Gasteiger partial charge is 0.267 e. The lowest BCUT2D eigenvalue weighted by atomic mass is 10.2. The topological polar surface area (TPSA) is 53.2 Å². The number of nitriles is 1. The average Bonchev–Trinajstić information content (AvgIpc) is 2.15. The lowest BCUT2D eigenvalue weighted by Gasteiger charge is -1.90. The molecule has 0 saturated carbocycles. The van der Waals surface area contributed by atoms with Gasteiger partial charge in [-0.15, -0.1) is 0 Å². The highest BCUT2D eigenvalue weighted by Crippen LogP contribution is 1.99. The lowest BCUT2D eigenvalue weighted by molar-refractivity contribution is 0.100. The molecule has 1 amide bonds. The van der Waals surface area contributed by atoms with Crippen LogP contribution in [0, 0.1) is 11.3 Å². The maximum absolute atomic E-state index is 11.1. The third-order valence-corrected chi connectivity index (χ3v) is 1.26. The van der Waals surface area contributed by atoms with Gasteiger partial charge in [-0.05, 0) is 12.1 Å². The summed E-state index contributed by atoms with van der Waals surface area (Å²) in [6.07, 6.45) is 0.926. The number of carbonyl (C=O) groups excluding carboxylic acids is 1. The summed E-state index contributed by atoms with van der Waals surface area (Å²) in [7, 11) is 0. The highest BCUT2D eigenvalue weighted by molar-refractivity contribution is 6.00. The minimum atomic E-state index is -0.392. The first kappa shape index (κ1) is 8.15. The zero-order valence-electron chi connectivity index (χ0n) is 6.27. The van der Waals surface area contributed by atoms with Crippen molar-refractivity contribution in [2.75, 3.05) is 0 Å². The molecule has 1 aromatic rings. The second-order valence-electron chi connectivity index (χ2n) is 2.06. The summed E-state index contributed by atoms with van der Waals surface area (Å²) >= 11 is 0. The van der Waals surface area contributed by atoms with E-state index in [2.05, 4.69) is 4.99 Å². The third-order valence-electron chi connectivity index (χ3n) is 1.26. The van der Waals surface area contributed by atoms with Crippen molar-refractivity contribution in [2.24, 2.45) is 4.99 Å². The standard InChI is InChI=1S/C9H6N2O/c10-6-7-11-9(12)8-4-2-1-3-5-8/h1-5,7H. The van der Waals surface area contributed by atoms with Crippen LogP contribution < -0.4 is 0 Å². The van der Waals surface area contributed by atoms with Gasteiger partial charge in [-0.1, -0.05) is 18.2 Å². The van der Waals surface area contributed by atoms with E-state index in [1.807, 2.05) is 6.07 Å². The number of nitrogens with zero attached hydrogens (tertiary/aromatic N) is 2. The number of benzene rings is 1. The molecule has 0 atom stereocenters. The average molecular weight is 158 g/mol. The van der Waals surface area contributed by atoms with E-state index in [-0.39, 0.29) is 0 Å². The van der Waals surface area contributed by atoms with Gasteiger partial charge in [0.15, 0.2) is 0 Å². The van der Waals surface area contributed by atoms with Crippen molar-refractivity contribution in [3.05, 3.63) is 35.9 Å². The van der Waals surface area contributed by atoms with Gasteiger partial charge in [0.1, 0.15) is 12.3 Å². The van der Waals surface area contributed by atoms with E-state index in [1.165, 1.54) is 0 Å². The van der Waals surface area contributed by atoms with E-state index in [9.17, 15) is 4.79 Å². The summed E-state index contributed by atoms with van der Waals surface area (Å²) in [6, 6.07) is 10.3. The zero-order valence-corrected chi connectivity index (χ0v) is 6.27. The monoisotopic (exact) mass is 158 g/mol. The predicted octanol–water partition coefficient (Wildman–Crippen LogP) is 1.42. The second kappa shape index (κ2) is 4.04. The van der Waals surface area contributed by atoms with E-state index in [1.54, 1.807) is 30.3 Å². The number of carbonyl (C=O) groups is 1. The molecule has 0 aliphatic heterocycles. The van der Waals surface area contributed by atoms with Gasteiger partial charge in [0.25, 0.3) is 5.91 Å². The Hall–Kier alpha value is -1.95. The lowest BCUT2D eigenvalue weighted by Crippen LogP contribution is -1.93. The van der Waals surface area contributed by atoms with Crippen LogP contribution in [0.5, 0.6) is 0 Å². The van der Waals surface area contributed by atoms with Crippen LogP contribution >= 0.6 is 0 Å². The van der Waals surface area contributed by atoms with E-state index < -0.39 is 5.91 Å². The van der Waals surface area contributed by atoms with Crippen LogP contribution in [0.15, 0.2) is 35.3 Å². The summed E-state index contributed by atoms with van der Waals surface area (Å²) in [5.41, 5.74) is 0.490. The summed E-state index contributed by atoms with van der Waals surface area (Å²) in [6.45, 7) is 0. The van der Waals surface area contributed by atoms with Gasteiger partial charge in [0, 0.05) is 5.56 Å². The molecule has 0 N–H and O–H groups in total. The van der Waals surface area contributed by atoms with Crippen LogP contribution in [0.4, 0.5) is 0 Å². The van der Waals surface area contributed by atoms with Gasteiger partial charge in [-0.2, -0.15) is 5.26 Å². The first-order chi connectivity index (χ1) is 5.84. The Morgan fingerprint density at radius 3 is 2.67 bits per heavy atom. The molecule has 0 heterocycles. The van der Waals surface area contributed by atoms with E-state index in [0.717, 1.165) is 6.21 Å². The van der Waals surface area contributed by atoms with Crippen molar-refractivity contribution in [2.45, 2.75) is 0 Å². The van der Waals surface area contributed by atoms with Crippen LogP contribution in [0.25, 0.3) is 0 Å². The number of amides is 1. The zero-order chi connectivity index (χ0) is 8.81. The quantitative estimate of drug-likeness (QED) is 0.580. The van der Waals surface area contributed by atoms with Gasteiger partial charge in [-0.3, -0.25) is 4.79 Å². The first-order valence-electron chi connectivity index (χ1n) is 3.36. The van der Waals surface area contributed by atoms with Crippen LogP contribution in [0.1, 0.15) is 10.4 Å². The number of aliphatic imine (C=N–C) groups is 1. The molecule has 0 radical (unpaired) electrons. The Bertz CT molecular complexity index is 335. The van der Waals surface area contributed by atoms with Crippen molar-refractivity contribution in [1.29, 1.82) is 5.26 Å². The van der Waals surface area contributed by atoms with E-state index >= 15 is 0 Å². The molecular formula is C9H6N2O. The summed E-state index contributed by atoms with van der Waals surface area (Å²) in [5.74, 6) is -0.392. The second-order valence-corrected chi connectivity index (χ2v) is 2.06. The summed E-state index contributed by atoms with van der Waals surface area (Å²) < 4.78 is 0. The highest BCUT2D eigenvalue weighted by Gasteiger charge is 1.99. The molecule has 0 aliphatic rings. The molecule has 0 saturated heterocycles. The van der Waals surface area contributed by atoms with Gasteiger partial charge < -0.3 is 0 Å². The van der Waals surface area contributed by atoms with Gasteiger partial charge >= 0.3 is 0 Å². The van der Waals surface area contributed by atoms with Crippen LogP contribution in [0.3, 0.4) is 0 Å². The summed E-state index contributed by atoms with van der Waals surface area (Å²) in [4.78, 5) is 14.4. The molecule has 0 spiro atoms. The molecule has 3 nitrogen and oxygen atoms in total. The molecule has 3 heteroatoms. The van der Waals surface area contributed by atoms with Gasteiger partial charge in [-0.25, -0.2) is 4.99 Å². The van der Waals surface area contributed by atoms with Crippen molar-refractivity contribution < 1.29 is 4.79 Å². The Labute approximate surface area is 70.0 Å². The Balaban J connectivity index is 2.81. The molecule has 1 rings (SSSR count). The van der Waals surface area contributed by atoms with Gasteiger partial charge in [0.05, 0.1) is 0 Å². The SMILES string of the molecule is N#CC=NC(=O)c1ccccc1. The van der Waals surface area contributed by atoms with Crippen LogP contribution in [-0.2, 0) is 0 Å². The fourth-order valence-electron chi connectivity index (χ4n) is 0.743. The Morgan fingerprint density at radius 2 is 2.08 bits per heavy atom. The maximum Gasteiger partial charge on any atom is 0.277 e. The largest absolute Gasteiger partial charge is 0.277 e.